The van der Waals surface area contributed by atoms with Gasteiger partial charge in [0.05, 0.1) is 5.70 Å². The molecule has 0 fully saturated rings. The van der Waals surface area contributed by atoms with E-state index in [9.17, 15) is 22.0 Å². The van der Waals surface area contributed by atoms with Crippen molar-refractivity contribution in [3.63, 3.8) is 0 Å². The quantitative estimate of drug-likeness (QED) is 0.394. The molecule has 0 aliphatic heterocycles. The minimum atomic E-state index is -3.67. The second-order valence-corrected chi connectivity index (χ2v) is 9.16. The standard InChI is InChI=1S/C21H19F2N3O4S2/c1-2-18(14-7-11-17(12-8-14)30-21(22)23)24-25-20(27)15-5-9-16(10-6-15)26-32(28,29)19-4-3-13-31-19/h2-13,21,24,26H,1H3,(H,25,27)/b18-2-. The lowest BCUT2D eigenvalue weighted by Crippen LogP contribution is -2.36. The summed E-state index contributed by atoms with van der Waals surface area (Å²) in [6.45, 7) is -1.16. The van der Waals surface area contributed by atoms with Crippen LogP contribution < -0.4 is 20.3 Å². The third kappa shape index (κ3) is 6.05. The summed E-state index contributed by atoms with van der Waals surface area (Å²) >= 11 is 1.10. The van der Waals surface area contributed by atoms with Crippen molar-refractivity contribution in [2.24, 2.45) is 0 Å². The number of allylic oxidation sites excluding steroid dienone is 1. The van der Waals surface area contributed by atoms with Crippen molar-refractivity contribution in [2.45, 2.75) is 17.7 Å². The molecule has 0 aliphatic carbocycles. The lowest BCUT2D eigenvalue weighted by Gasteiger charge is -2.13. The fraction of sp³-hybridized carbons (Fsp3) is 0.0952. The Morgan fingerprint density at radius 1 is 1.00 bits per heavy atom. The van der Waals surface area contributed by atoms with Crippen LogP contribution in [0, 0.1) is 0 Å². The largest absolute Gasteiger partial charge is 0.435 e. The van der Waals surface area contributed by atoms with Gasteiger partial charge in [0.1, 0.15) is 9.96 Å². The molecule has 1 aromatic heterocycles. The summed E-state index contributed by atoms with van der Waals surface area (Å²) in [6.07, 6.45) is 1.70. The number of amides is 1. The van der Waals surface area contributed by atoms with Gasteiger partial charge in [-0.25, -0.2) is 8.42 Å². The molecule has 0 bridgehead atoms. The van der Waals surface area contributed by atoms with Crippen LogP contribution in [0.5, 0.6) is 5.75 Å². The summed E-state index contributed by atoms with van der Waals surface area (Å²) in [5.41, 5.74) is 7.13. The molecule has 1 amide bonds. The highest BCUT2D eigenvalue weighted by molar-refractivity contribution is 7.94. The number of benzene rings is 2. The zero-order valence-corrected chi connectivity index (χ0v) is 18.3. The number of ether oxygens (including phenoxy) is 1. The number of carbonyl (C=O) groups excluding carboxylic acids is 1. The van der Waals surface area contributed by atoms with Gasteiger partial charge in [-0.2, -0.15) is 8.78 Å². The average Bonchev–Trinajstić information content (AvgIpc) is 3.31. The topological polar surface area (TPSA) is 96.5 Å². The Labute approximate surface area is 187 Å². The van der Waals surface area contributed by atoms with Crippen molar-refractivity contribution >= 4 is 38.7 Å². The molecule has 168 valence electrons. The first-order chi connectivity index (χ1) is 15.3. The number of anilines is 1. The van der Waals surface area contributed by atoms with Crippen LogP contribution in [-0.4, -0.2) is 20.9 Å². The Kier molecular flexibility index (Phi) is 7.44. The molecule has 32 heavy (non-hydrogen) atoms. The summed E-state index contributed by atoms with van der Waals surface area (Å²) in [4.78, 5) is 12.4. The van der Waals surface area contributed by atoms with Gasteiger partial charge in [0.25, 0.3) is 15.9 Å². The van der Waals surface area contributed by atoms with E-state index in [0.29, 0.717) is 22.5 Å². The van der Waals surface area contributed by atoms with Crippen molar-refractivity contribution in [3.05, 3.63) is 83.2 Å². The van der Waals surface area contributed by atoms with Gasteiger partial charge in [0, 0.05) is 11.3 Å². The lowest BCUT2D eigenvalue weighted by atomic mass is 10.1. The maximum Gasteiger partial charge on any atom is 0.387 e. The molecule has 7 nitrogen and oxygen atoms in total. The number of thiophene rings is 1. The van der Waals surface area contributed by atoms with Crippen LogP contribution in [0.4, 0.5) is 14.5 Å². The fourth-order valence-corrected chi connectivity index (χ4v) is 4.69. The van der Waals surface area contributed by atoms with E-state index in [1.165, 1.54) is 42.5 Å². The van der Waals surface area contributed by atoms with Crippen LogP contribution in [0.2, 0.25) is 0 Å². The van der Waals surface area contributed by atoms with Crippen LogP contribution in [-0.2, 0) is 10.0 Å². The van der Waals surface area contributed by atoms with Crippen LogP contribution in [0.1, 0.15) is 22.8 Å². The summed E-state index contributed by atoms with van der Waals surface area (Å²) in [5.74, 6) is -0.423. The number of sulfonamides is 1. The molecule has 0 atom stereocenters. The molecule has 0 unspecified atom stereocenters. The number of nitrogens with one attached hydrogen (secondary N) is 3. The maximum atomic E-state index is 12.4. The Morgan fingerprint density at radius 2 is 1.66 bits per heavy atom. The molecular weight excluding hydrogens is 460 g/mol. The SMILES string of the molecule is C/C=C(\NNC(=O)c1ccc(NS(=O)(=O)c2cccs2)cc1)c1ccc(OC(F)F)cc1. The first-order valence-corrected chi connectivity index (χ1v) is 11.6. The highest BCUT2D eigenvalue weighted by Gasteiger charge is 2.15. The molecule has 2 aromatic carbocycles. The zero-order valence-electron chi connectivity index (χ0n) is 16.7. The lowest BCUT2D eigenvalue weighted by molar-refractivity contribution is -0.0498. The number of hydrogen-bond acceptors (Lipinski definition) is 6. The highest BCUT2D eigenvalue weighted by Crippen LogP contribution is 2.21. The number of rotatable bonds is 9. The first kappa shape index (κ1) is 23.2. The van der Waals surface area contributed by atoms with E-state index in [2.05, 4.69) is 20.3 Å². The molecule has 3 N–H and O–H groups in total. The van der Waals surface area contributed by atoms with Crippen molar-refractivity contribution < 1.29 is 26.7 Å². The summed E-state index contributed by atoms with van der Waals surface area (Å²) < 4.78 is 56.0. The van der Waals surface area contributed by atoms with Crippen molar-refractivity contribution in [2.75, 3.05) is 4.72 Å². The summed E-state index contributed by atoms with van der Waals surface area (Å²) in [6, 6.07) is 15.0. The Morgan fingerprint density at radius 3 is 2.22 bits per heavy atom. The van der Waals surface area contributed by atoms with Gasteiger partial charge in [-0.3, -0.25) is 20.4 Å². The van der Waals surface area contributed by atoms with Crippen LogP contribution in [0.3, 0.4) is 0 Å². The molecule has 3 rings (SSSR count). The van der Waals surface area contributed by atoms with Gasteiger partial charge in [-0.05, 0) is 72.5 Å². The average molecular weight is 480 g/mol. The van der Waals surface area contributed by atoms with Crippen LogP contribution >= 0.6 is 11.3 Å². The van der Waals surface area contributed by atoms with Gasteiger partial charge in [-0.1, -0.05) is 12.1 Å². The maximum absolute atomic E-state index is 12.4. The fourth-order valence-electron chi connectivity index (χ4n) is 2.63. The third-order valence-corrected chi connectivity index (χ3v) is 6.93. The van der Waals surface area contributed by atoms with Crippen LogP contribution in [0.15, 0.2) is 76.3 Å². The highest BCUT2D eigenvalue weighted by atomic mass is 32.2. The Bertz CT molecular complexity index is 1180. The second kappa shape index (κ2) is 10.2. The Balaban J connectivity index is 1.59. The third-order valence-electron chi connectivity index (χ3n) is 4.15. The predicted molar refractivity (Wildman–Crippen MR) is 119 cm³/mol. The van der Waals surface area contributed by atoms with Gasteiger partial charge in [-0.15, -0.1) is 11.3 Å². The molecule has 0 aliphatic rings. The van der Waals surface area contributed by atoms with E-state index in [4.69, 9.17) is 0 Å². The number of carbonyl (C=O) groups is 1. The van der Waals surface area contributed by atoms with Gasteiger partial charge in [0.2, 0.25) is 0 Å². The predicted octanol–water partition coefficient (Wildman–Crippen LogP) is 4.45. The van der Waals surface area contributed by atoms with E-state index in [1.54, 1.807) is 36.6 Å². The normalized spacial score (nSPS) is 11.8. The van der Waals surface area contributed by atoms with Crippen molar-refractivity contribution in [1.82, 2.24) is 10.9 Å². The van der Waals surface area contributed by atoms with Crippen molar-refractivity contribution in [1.29, 1.82) is 0 Å². The monoisotopic (exact) mass is 479 g/mol. The molecule has 0 radical (unpaired) electrons. The van der Waals surface area contributed by atoms with E-state index in [-0.39, 0.29) is 9.96 Å². The first-order valence-electron chi connectivity index (χ1n) is 9.23. The van der Waals surface area contributed by atoms with Crippen LogP contribution in [0.25, 0.3) is 5.70 Å². The molecule has 0 saturated heterocycles. The summed E-state index contributed by atoms with van der Waals surface area (Å²) in [7, 11) is -3.67. The van der Waals surface area contributed by atoms with E-state index < -0.39 is 22.5 Å². The zero-order chi connectivity index (χ0) is 23.1. The van der Waals surface area contributed by atoms with Gasteiger partial charge >= 0.3 is 6.61 Å². The number of halogens is 2. The van der Waals surface area contributed by atoms with E-state index in [1.807, 2.05) is 0 Å². The Hall–Kier alpha value is -3.44. The molecule has 11 heteroatoms. The molecule has 0 spiro atoms. The van der Waals surface area contributed by atoms with E-state index in [0.717, 1.165) is 11.3 Å². The molecule has 3 aromatic rings. The summed E-state index contributed by atoms with van der Waals surface area (Å²) in [5, 5.41) is 1.67. The molecule has 0 saturated carbocycles. The minimum absolute atomic E-state index is 0.0260. The van der Waals surface area contributed by atoms with Gasteiger partial charge in [0.15, 0.2) is 0 Å². The number of hydrazine groups is 1. The van der Waals surface area contributed by atoms with E-state index >= 15 is 0 Å². The van der Waals surface area contributed by atoms with Crippen molar-refractivity contribution in [3.8, 4) is 5.75 Å². The van der Waals surface area contributed by atoms with Gasteiger partial charge < -0.3 is 4.74 Å². The number of alkyl halides is 2. The molecule has 1 heterocycles. The second-order valence-electron chi connectivity index (χ2n) is 6.30. The minimum Gasteiger partial charge on any atom is -0.435 e. The molecular formula is C21H19F2N3O4S2. The number of hydrogen-bond donors (Lipinski definition) is 3. The smallest absolute Gasteiger partial charge is 0.387 e.